The predicted molar refractivity (Wildman–Crippen MR) is 74.0 cm³/mol. The van der Waals surface area contributed by atoms with E-state index in [-0.39, 0.29) is 11.9 Å². The third kappa shape index (κ3) is 2.31. The van der Waals surface area contributed by atoms with Crippen LogP contribution in [0.1, 0.15) is 17.3 Å². The zero-order chi connectivity index (χ0) is 13.1. The Labute approximate surface area is 111 Å². The van der Waals surface area contributed by atoms with E-state index in [1.165, 1.54) is 0 Å². The molecule has 94 valence electrons. The van der Waals surface area contributed by atoms with E-state index in [9.17, 15) is 4.79 Å². The first-order valence-corrected chi connectivity index (χ1v) is 6.35. The molecule has 1 unspecified atom stereocenters. The second-order valence-electron chi connectivity index (χ2n) is 4.30. The van der Waals surface area contributed by atoms with Crippen LogP contribution in [0.25, 0.3) is 10.9 Å². The number of pyridine rings is 1. The van der Waals surface area contributed by atoms with Crippen molar-refractivity contribution in [2.45, 2.75) is 13.0 Å². The predicted octanol–water partition coefficient (Wildman–Crippen LogP) is 2.93. The molecule has 1 atom stereocenters. The third-order valence-electron chi connectivity index (χ3n) is 3.08. The third-order valence-corrected chi connectivity index (χ3v) is 3.53. The average Bonchev–Trinajstić information content (AvgIpc) is 2.44. The van der Waals surface area contributed by atoms with Crippen molar-refractivity contribution in [3.63, 3.8) is 0 Å². The van der Waals surface area contributed by atoms with E-state index in [0.29, 0.717) is 11.4 Å². The van der Waals surface area contributed by atoms with Crippen LogP contribution in [0.3, 0.4) is 0 Å². The van der Waals surface area contributed by atoms with E-state index in [0.717, 1.165) is 10.9 Å². The van der Waals surface area contributed by atoms with Gasteiger partial charge in [0.05, 0.1) is 11.1 Å². The molecule has 2 rings (SSSR count). The number of hydrogen-bond donors (Lipinski definition) is 0. The highest BCUT2D eigenvalue weighted by Gasteiger charge is 2.18. The molecular formula is C14H15ClN2O. The summed E-state index contributed by atoms with van der Waals surface area (Å²) in [5.74, 6) is 0.396. The number of carbonyl (C=O) groups is 1. The number of benzene rings is 1. The summed E-state index contributed by atoms with van der Waals surface area (Å²) in [6, 6.07) is 9.39. The molecule has 0 aliphatic rings. The molecule has 2 aromatic rings. The maximum atomic E-state index is 12.4. The summed E-state index contributed by atoms with van der Waals surface area (Å²) in [6.45, 7) is 1.92. The number of aromatic nitrogens is 1. The lowest BCUT2D eigenvalue weighted by Gasteiger charge is -2.23. The Morgan fingerprint density at radius 1 is 1.39 bits per heavy atom. The lowest BCUT2D eigenvalue weighted by atomic mass is 10.1. The Morgan fingerprint density at radius 2 is 2.11 bits per heavy atom. The van der Waals surface area contributed by atoms with Crippen molar-refractivity contribution in [3.05, 3.63) is 42.1 Å². The largest absolute Gasteiger partial charge is 0.338 e. The number of hydrogen-bond acceptors (Lipinski definition) is 2. The quantitative estimate of drug-likeness (QED) is 0.797. The Morgan fingerprint density at radius 3 is 2.83 bits per heavy atom. The van der Waals surface area contributed by atoms with Crippen molar-refractivity contribution in [2.24, 2.45) is 0 Å². The van der Waals surface area contributed by atoms with Gasteiger partial charge in [0.25, 0.3) is 5.91 Å². The average molecular weight is 263 g/mol. The Bertz CT molecular complexity index is 565. The van der Waals surface area contributed by atoms with Gasteiger partial charge in [-0.1, -0.05) is 18.2 Å². The zero-order valence-corrected chi connectivity index (χ0v) is 11.2. The molecule has 0 fully saturated rings. The van der Waals surface area contributed by atoms with Crippen molar-refractivity contribution in [2.75, 3.05) is 12.9 Å². The van der Waals surface area contributed by atoms with Crippen LogP contribution in [0.4, 0.5) is 0 Å². The van der Waals surface area contributed by atoms with E-state index in [2.05, 4.69) is 4.98 Å². The minimum Gasteiger partial charge on any atom is -0.338 e. The van der Waals surface area contributed by atoms with Gasteiger partial charge >= 0.3 is 0 Å². The number of fused-ring (bicyclic) bond motifs is 1. The maximum absolute atomic E-state index is 12.4. The number of para-hydroxylation sites is 1. The van der Waals surface area contributed by atoms with Gasteiger partial charge in [-0.3, -0.25) is 9.78 Å². The van der Waals surface area contributed by atoms with Gasteiger partial charge in [0.2, 0.25) is 0 Å². The number of alkyl halides is 1. The minimum atomic E-state index is -0.0262. The van der Waals surface area contributed by atoms with Crippen LogP contribution < -0.4 is 0 Å². The summed E-state index contributed by atoms with van der Waals surface area (Å²) in [6.07, 6.45) is 1.66. The molecule has 1 aromatic carbocycles. The molecule has 0 saturated heterocycles. The lowest BCUT2D eigenvalue weighted by molar-refractivity contribution is 0.0758. The van der Waals surface area contributed by atoms with Crippen LogP contribution in [0.15, 0.2) is 36.5 Å². The monoisotopic (exact) mass is 262 g/mol. The van der Waals surface area contributed by atoms with Crippen molar-refractivity contribution >= 4 is 28.4 Å². The molecular weight excluding hydrogens is 248 g/mol. The first-order chi connectivity index (χ1) is 8.65. The highest BCUT2D eigenvalue weighted by Crippen LogP contribution is 2.18. The highest BCUT2D eigenvalue weighted by atomic mass is 35.5. The van der Waals surface area contributed by atoms with Gasteiger partial charge in [0.15, 0.2) is 0 Å². The van der Waals surface area contributed by atoms with Crippen molar-refractivity contribution in [3.8, 4) is 0 Å². The molecule has 3 nitrogen and oxygen atoms in total. The molecule has 18 heavy (non-hydrogen) atoms. The summed E-state index contributed by atoms with van der Waals surface area (Å²) in [4.78, 5) is 18.3. The number of halogens is 1. The summed E-state index contributed by atoms with van der Waals surface area (Å²) in [5.41, 5.74) is 1.50. The maximum Gasteiger partial charge on any atom is 0.254 e. The van der Waals surface area contributed by atoms with Gasteiger partial charge in [-0.15, -0.1) is 11.6 Å². The molecule has 0 spiro atoms. The highest BCUT2D eigenvalue weighted by molar-refractivity contribution is 6.18. The zero-order valence-electron chi connectivity index (χ0n) is 10.4. The van der Waals surface area contributed by atoms with Crippen molar-refractivity contribution in [1.29, 1.82) is 0 Å². The van der Waals surface area contributed by atoms with Crippen LogP contribution in [0, 0.1) is 0 Å². The van der Waals surface area contributed by atoms with Gasteiger partial charge in [0.1, 0.15) is 0 Å². The molecule has 0 N–H and O–H groups in total. The van der Waals surface area contributed by atoms with Crippen LogP contribution in [0.5, 0.6) is 0 Å². The minimum absolute atomic E-state index is 0.00564. The van der Waals surface area contributed by atoms with E-state index >= 15 is 0 Å². The normalized spacial score (nSPS) is 12.4. The van der Waals surface area contributed by atoms with Gasteiger partial charge < -0.3 is 4.90 Å². The summed E-state index contributed by atoms with van der Waals surface area (Å²) in [5, 5.41) is 0.874. The van der Waals surface area contributed by atoms with E-state index in [1.54, 1.807) is 24.2 Å². The number of carbonyl (C=O) groups excluding carboxylic acids is 1. The van der Waals surface area contributed by atoms with Gasteiger partial charge in [-0.05, 0) is 19.1 Å². The lowest BCUT2D eigenvalue weighted by Crippen LogP contribution is -2.36. The van der Waals surface area contributed by atoms with Crippen LogP contribution >= 0.6 is 11.6 Å². The van der Waals surface area contributed by atoms with E-state index < -0.39 is 0 Å². The molecule has 0 aliphatic heterocycles. The summed E-state index contributed by atoms with van der Waals surface area (Å²) in [7, 11) is 1.77. The fourth-order valence-electron chi connectivity index (χ4n) is 1.78. The number of amides is 1. The molecule has 1 amide bonds. The molecule has 0 bridgehead atoms. The second kappa shape index (κ2) is 5.36. The van der Waals surface area contributed by atoms with E-state index in [1.807, 2.05) is 31.2 Å². The summed E-state index contributed by atoms with van der Waals surface area (Å²) >= 11 is 5.79. The van der Waals surface area contributed by atoms with E-state index in [4.69, 9.17) is 11.6 Å². The van der Waals surface area contributed by atoms with Gasteiger partial charge in [-0.25, -0.2) is 0 Å². The fraction of sp³-hybridized carbons (Fsp3) is 0.286. The number of rotatable bonds is 3. The molecule has 4 heteroatoms. The van der Waals surface area contributed by atoms with Crippen molar-refractivity contribution < 1.29 is 4.79 Å². The topological polar surface area (TPSA) is 33.2 Å². The first kappa shape index (κ1) is 12.8. The van der Waals surface area contributed by atoms with Crippen LogP contribution in [-0.4, -0.2) is 34.8 Å². The van der Waals surface area contributed by atoms with Gasteiger partial charge in [0, 0.05) is 30.6 Å². The molecule has 0 aliphatic carbocycles. The molecule has 1 aromatic heterocycles. The number of nitrogens with zero attached hydrogens (tertiary/aromatic N) is 2. The fourth-order valence-corrected chi connectivity index (χ4v) is 1.98. The molecule has 1 heterocycles. The molecule has 0 radical (unpaired) electrons. The standard InChI is InChI=1S/C14H15ClN2O/c1-10(9-15)17(2)14(18)12-7-8-16-13-6-4-3-5-11(12)13/h3-8,10H,9H2,1-2H3. The van der Waals surface area contributed by atoms with Crippen LogP contribution in [-0.2, 0) is 0 Å². The Kier molecular flexibility index (Phi) is 3.82. The van der Waals surface area contributed by atoms with Crippen LogP contribution in [0.2, 0.25) is 0 Å². The second-order valence-corrected chi connectivity index (χ2v) is 4.60. The first-order valence-electron chi connectivity index (χ1n) is 5.82. The van der Waals surface area contributed by atoms with Gasteiger partial charge in [-0.2, -0.15) is 0 Å². The van der Waals surface area contributed by atoms with Crippen molar-refractivity contribution in [1.82, 2.24) is 9.88 Å². The SMILES string of the molecule is CC(CCl)N(C)C(=O)c1ccnc2ccccc12. The summed E-state index contributed by atoms with van der Waals surface area (Å²) < 4.78 is 0. The molecule has 0 saturated carbocycles. The Balaban J connectivity index is 2.45. The smallest absolute Gasteiger partial charge is 0.254 e. The Hall–Kier alpha value is -1.61.